The predicted octanol–water partition coefficient (Wildman–Crippen LogP) is 8.64. The van der Waals surface area contributed by atoms with E-state index < -0.39 is 11.7 Å². The van der Waals surface area contributed by atoms with E-state index in [9.17, 15) is 18.0 Å². The molecule has 11 heteroatoms. The summed E-state index contributed by atoms with van der Waals surface area (Å²) in [5.41, 5.74) is 5.03. The first-order valence-electron chi connectivity index (χ1n) is 14.6. The highest BCUT2D eigenvalue weighted by atomic mass is 32.2. The summed E-state index contributed by atoms with van der Waals surface area (Å²) in [6.07, 6.45) is -0.362. The number of hydrogen-bond acceptors (Lipinski definition) is 4. The Morgan fingerprint density at radius 1 is 1.02 bits per heavy atom. The lowest BCUT2D eigenvalue weighted by Gasteiger charge is -2.16. The topological polar surface area (TPSA) is 84.2 Å². The molecule has 232 valence electrons. The molecule has 0 unspecified atom stereocenters. The Kier molecular flexibility index (Phi) is 11.2. The van der Waals surface area contributed by atoms with Crippen LogP contribution < -0.4 is 10.6 Å². The molecule has 3 aromatic carbocycles. The molecule has 4 aromatic rings. The van der Waals surface area contributed by atoms with Crippen LogP contribution in [0.5, 0.6) is 0 Å². The monoisotopic (exact) mass is 622 g/mol. The van der Waals surface area contributed by atoms with E-state index in [2.05, 4.69) is 57.8 Å². The van der Waals surface area contributed by atoms with Crippen LogP contribution in [-0.4, -0.2) is 38.3 Å². The first-order chi connectivity index (χ1) is 21.0. The maximum absolute atomic E-state index is 12.8. The van der Waals surface area contributed by atoms with Gasteiger partial charge in [0.15, 0.2) is 11.0 Å². The van der Waals surface area contributed by atoms with Gasteiger partial charge in [-0.3, -0.25) is 0 Å². The van der Waals surface area contributed by atoms with Gasteiger partial charge in [-0.15, -0.1) is 5.10 Å². The van der Waals surface area contributed by atoms with E-state index in [-0.39, 0.29) is 6.03 Å². The molecule has 1 heterocycles. The zero-order chi connectivity index (χ0) is 31.7. The largest absolute Gasteiger partial charge is 0.416 e. The Bertz CT molecular complexity index is 1560. The lowest BCUT2D eigenvalue weighted by Crippen LogP contribution is -2.23. The van der Waals surface area contributed by atoms with Crippen LogP contribution in [0.15, 0.2) is 78.0 Å². The average Bonchev–Trinajstić information content (AvgIpc) is 3.47. The second kappa shape index (κ2) is 15.1. The van der Waals surface area contributed by atoms with Gasteiger partial charge in [-0.1, -0.05) is 68.9 Å². The van der Waals surface area contributed by atoms with Gasteiger partial charge in [0.2, 0.25) is 0 Å². The molecule has 0 aliphatic carbocycles. The minimum absolute atomic E-state index is 0.340. The Labute approximate surface area is 260 Å². The van der Waals surface area contributed by atoms with Crippen molar-refractivity contribution in [2.24, 2.45) is 4.99 Å². The van der Waals surface area contributed by atoms with Crippen molar-refractivity contribution in [3.63, 3.8) is 0 Å². The van der Waals surface area contributed by atoms with Gasteiger partial charge in [0.05, 0.1) is 11.3 Å². The van der Waals surface area contributed by atoms with Gasteiger partial charge in [-0.05, 0) is 84.9 Å². The summed E-state index contributed by atoms with van der Waals surface area (Å²) in [5, 5.41) is 11.3. The summed E-state index contributed by atoms with van der Waals surface area (Å²) < 4.78 is 40.0. The smallest absolute Gasteiger partial charge is 0.336 e. The third-order valence-electron chi connectivity index (χ3n) is 6.89. The van der Waals surface area contributed by atoms with E-state index in [4.69, 9.17) is 0 Å². The fourth-order valence-electron chi connectivity index (χ4n) is 4.55. The van der Waals surface area contributed by atoms with Crippen molar-refractivity contribution >= 4 is 28.6 Å². The fourth-order valence-corrected chi connectivity index (χ4v) is 5.16. The van der Waals surface area contributed by atoms with Crippen LogP contribution in [0.25, 0.3) is 17.1 Å². The lowest BCUT2D eigenvalue weighted by molar-refractivity contribution is -0.137. The van der Waals surface area contributed by atoms with Crippen molar-refractivity contribution in [3.05, 3.63) is 95.3 Å². The second-order valence-electron chi connectivity index (χ2n) is 10.7. The molecule has 44 heavy (non-hydrogen) atoms. The van der Waals surface area contributed by atoms with Gasteiger partial charge < -0.3 is 10.6 Å². The van der Waals surface area contributed by atoms with Gasteiger partial charge in [-0.2, -0.15) is 18.2 Å². The molecule has 0 atom stereocenters. The normalized spacial score (nSPS) is 12.0. The molecule has 0 saturated heterocycles. The minimum atomic E-state index is -4.38. The van der Waals surface area contributed by atoms with Crippen molar-refractivity contribution < 1.29 is 18.0 Å². The molecule has 0 spiro atoms. The summed E-state index contributed by atoms with van der Waals surface area (Å²) in [5.74, 6) is 1.61. The molecule has 2 amide bonds. The third kappa shape index (κ3) is 9.19. The summed E-state index contributed by atoms with van der Waals surface area (Å²) in [6, 6.07) is 18.6. The molecular weight excluding hydrogens is 585 g/mol. The van der Waals surface area contributed by atoms with E-state index in [1.807, 2.05) is 38.1 Å². The van der Waals surface area contributed by atoms with E-state index in [1.165, 1.54) is 40.5 Å². The third-order valence-corrected chi connectivity index (χ3v) is 7.64. The van der Waals surface area contributed by atoms with Crippen LogP contribution in [0, 0.1) is 6.92 Å². The molecule has 2 N–H and O–H groups in total. The summed E-state index contributed by atoms with van der Waals surface area (Å²) in [4.78, 5) is 21.1. The van der Waals surface area contributed by atoms with Gasteiger partial charge in [0.1, 0.15) is 6.33 Å². The highest BCUT2D eigenvalue weighted by molar-refractivity contribution is 8.14. The SMILES string of the molecule is CCS/C(=N\C(=O)NCCCCc1ccc(-c2ncn(-c3ccc(C(F)(F)F)cc3)n2)cc1)Nc1cc(C)ccc1C(C)C. The molecule has 0 aliphatic heterocycles. The van der Waals surface area contributed by atoms with Crippen LogP contribution in [-0.2, 0) is 12.6 Å². The molecular formula is C33H37F3N6OS. The van der Waals surface area contributed by atoms with Crippen LogP contribution in [0.4, 0.5) is 23.7 Å². The van der Waals surface area contributed by atoms with Crippen LogP contribution >= 0.6 is 11.8 Å². The van der Waals surface area contributed by atoms with Gasteiger partial charge in [0.25, 0.3) is 0 Å². The Hall–Kier alpha value is -4.12. The van der Waals surface area contributed by atoms with Gasteiger partial charge >= 0.3 is 12.2 Å². The Morgan fingerprint density at radius 3 is 2.41 bits per heavy atom. The number of alkyl halides is 3. The molecule has 0 aliphatic rings. The van der Waals surface area contributed by atoms with Crippen molar-refractivity contribution in [1.82, 2.24) is 20.1 Å². The number of urea groups is 1. The second-order valence-corrected chi connectivity index (χ2v) is 11.9. The first kappa shape index (κ1) is 32.8. The summed E-state index contributed by atoms with van der Waals surface area (Å²) >= 11 is 1.50. The first-order valence-corrected chi connectivity index (χ1v) is 15.6. The van der Waals surface area contributed by atoms with Crippen molar-refractivity contribution in [2.75, 3.05) is 17.6 Å². The maximum Gasteiger partial charge on any atom is 0.416 e. The number of halogens is 3. The van der Waals surface area contributed by atoms with Crippen molar-refractivity contribution in [1.29, 1.82) is 0 Å². The number of carbonyl (C=O) groups is 1. The molecule has 4 rings (SSSR count). The molecule has 1 aromatic heterocycles. The number of nitrogens with one attached hydrogen (secondary N) is 2. The number of amides is 2. The number of amidine groups is 1. The van der Waals surface area contributed by atoms with E-state index in [0.717, 1.165) is 59.5 Å². The van der Waals surface area contributed by atoms with Crippen LogP contribution in [0.3, 0.4) is 0 Å². The standard InChI is InChI=1S/C33H37F3N6OS/c1-5-44-32(39-29-20-23(4)9-18-28(29)22(2)3)40-31(43)37-19-7-6-8-24-10-12-25(13-11-24)30-38-21-42(41-30)27-16-14-26(15-17-27)33(34,35)36/h9-18,20-22H,5-8,19H2,1-4H3,(H2,37,39,40,43). The Balaban J connectivity index is 1.24. The van der Waals surface area contributed by atoms with Gasteiger partial charge in [0, 0.05) is 17.8 Å². The highest BCUT2D eigenvalue weighted by Crippen LogP contribution is 2.30. The zero-order valence-electron chi connectivity index (χ0n) is 25.3. The molecule has 0 fully saturated rings. The van der Waals surface area contributed by atoms with Crippen molar-refractivity contribution in [2.45, 2.75) is 59.1 Å². The van der Waals surface area contributed by atoms with Gasteiger partial charge in [-0.25, -0.2) is 14.5 Å². The number of thioether (sulfide) groups is 1. The highest BCUT2D eigenvalue weighted by Gasteiger charge is 2.30. The van der Waals surface area contributed by atoms with Crippen LogP contribution in [0.2, 0.25) is 0 Å². The lowest BCUT2D eigenvalue weighted by atomic mass is 9.99. The summed E-state index contributed by atoms with van der Waals surface area (Å²) in [6.45, 7) is 8.88. The maximum atomic E-state index is 12.8. The predicted molar refractivity (Wildman–Crippen MR) is 173 cm³/mol. The summed E-state index contributed by atoms with van der Waals surface area (Å²) in [7, 11) is 0. The average molecular weight is 623 g/mol. The number of benzene rings is 3. The van der Waals surface area contributed by atoms with E-state index >= 15 is 0 Å². The van der Waals surface area contributed by atoms with E-state index in [1.54, 1.807) is 0 Å². The molecule has 7 nitrogen and oxygen atoms in total. The number of aromatic nitrogens is 3. The number of rotatable bonds is 10. The van der Waals surface area contributed by atoms with Crippen molar-refractivity contribution in [3.8, 4) is 17.1 Å². The molecule has 0 bridgehead atoms. The number of aliphatic imine (C=N–C) groups is 1. The number of aryl methyl sites for hydroxylation is 2. The number of anilines is 1. The number of unbranched alkanes of at least 4 members (excludes halogenated alkanes) is 1. The molecule has 0 saturated carbocycles. The van der Waals surface area contributed by atoms with E-state index in [0.29, 0.717) is 29.1 Å². The quantitative estimate of drug-likeness (QED) is 0.105. The number of nitrogens with zero attached hydrogens (tertiary/aromatic N) is 4. The number of carbonyl (C=O) groups excluding carboxylic acids is 1. The van der Waals surface area contributed by atoms with Crippen LogP contribution in [0.1, 0.15) is 61.8 Å². The zero-order valence-corrected chi connectivity index (χ0v) is 26.1. The molecule has 0 radical (unpaired) electrons. The Morgan fingerprint density at radius 2 is 1.75 bits per heavy atom. The number of hydrogen-bond donors (Lipinski definition) is 2. The minimum Gasteiger partial charge on any atom is -0.336 e. The fraction of sp³-hybridized carbons (Fsp3) is 0.333.